The molecule has 19 heavy (non-hydrogen) atoms. The third-order valence-corrected chi connectivity index (χ3v) is 4.59. The van der Waals surface area contributed by atoms with Gasteiger partial charge in [-0.2, -0.15) is 5.10 Å². The Morgan fingerprint density at radius 1 is 1.16 bits per heavy atom. The van der Waals surface area contributed by atoms with Crippen LogP contribution in [0.4, 0.5) is 5.69 Å². The Kier molecular flexibility index (Phi) is 3.61. The number of benzene rings is 1. The maximum Gasteiger partial charge on any atom is 0.209 e. The molecule has 0 saturated carbocycles. The highest BCUT2D eigenvalue weighted by atomic mass is 32.2. The van der Waals surface area contributed by atoms with Crippen LogP contribution in [0.15, 0.2) is 46.5 Å². The first-order valence-corrected chi connectivity index (χ1v) is 7.50. The van der Waals surface area contributed by atoms with E-state index in [4.69, 9.17) is 0 Å². The van der Waals surface area contributed by atoms with E-state index in [9.17, 15) is 8.42 Å². The monoisotopic (exact) mass is 279 g/mol. The highest BCUT2D eigenvalue weighted by Crippen LogP contribution is 2.22. The van der Waals surface area contributed by atoms with Gasteiger partial charge in [-0.25, -0.2) is 8.42 Å². The van der Waals surface area contributed by atoms with Gasteiger partial charge in [-0.05, 0) is 38.1 Å². The number of rotatable bonds is 4. The fourth-order valence-corrected chi connectivity index (χ4v) is 2.88. The molecule has 0 aliphatic heterocycles. The number of nitrogens with one attached hydrogen (secondary N) is 1. The molecular weight excluding hydrogens is 262 g/mol. The maximum absolute atomic E-state index is 12.4. The van der Waals surface area contributed by atoms with E-state index in [1.54, 1.807) is 42.2 Å². The Morgan fingerprint density at radius 3 is 2.26 bits per heavy atom. The average molecular weight is 279 g/mol. The van der Waals surface area contributed by atoms with Gasteiger partial charge in [0.1, 0.15) is 4.90 Å². The Morgan fingerprint density at radius 2 is 1.79 bits per heavy atom. The molecule has 1 N–H and O–H groups in total. The van der Waals surface area contributed by atoms with Gasteiger partial charge in [-0.15, -0.1) is 0 Å². The molecular formula is C13H17N3O2S. The quantitative estimate of drug-likeness (QED) is 0.933. The number of nitrogens with zero attached hydrogens (tertiary/aromatic N) is 2. The highest BCUT2D eigenvalue weighted by Gasteiger charge is 2.20. The van der Waals surface area contributed by atoms with E-state index in [-0.39, 0.29) is 15.8 Å². The lowest BCUT2D eigenvalue weighted by Gasteiger charge is -2.05. The second kappa shape index (κ2) is 5.05. The van der Waals surface area contributed by atoms with Crippen LogP contribution in [0.3, 0.4) is 0 Å². The second-order valence-electron chi connectivity index (χ2n) is 4.53. The first-order valence-electron chi connectivity index (χ1n) is 6.02. The zero-order valence-corrected chi connectivity index (χ0v) is 12.0. The van der Waals surface area contributed by atoms with Gasteiger partial charge in [0.25, 0.3) is 0 Å². The van der Waals surface area contributed by atoms with Crippen LogP contribution in [0.25, 0.3) is 0 Å². The van der Waals surface area contributed by atoms with E-state index in [0.717, 1.165) is 5.69 Å². The fourth-order valence-electron chi connectivity index (χ4n) is 1.68. The van der Waals surface area contributed by atoms with Crippen molar-refractivity contribution in [1.29, 1.82) is 0 Å². The van der Waals surface area contributed by atoms with Crippen LogP contribution in [0.5, 0.6) is 0 Å². The van der Waals surface area contributed by atoms with Gasteiger partial charge in [-0.1, -0.05) is 0 Å². The molecule has 0 unspecified atom stereocenters. The Bertz CT molecular complexity index is 657. The molecule has 0 atom stereocenters. The molecule has 0 bridgehead atoms. The van der Waals surface area contributed by atoms with Crippen molar-refractivity contribution in [2.45, 2.75) is 29.7 Å². The maximum atomic E-state index is 12.4. The number of hydrogen-bond donors (Lipinski definition) is 1. The van der Waals surface area contributed by atoms with E-state index in [1.807, 2.05) is 13.8 Å². The predicted octanol–water partition coefficient (Wildman–Crippen LogP) is 2.34. The summed E-state index contributed by atoms with van der Waals surface area (Å²) in [5.41, 5.74) is 0.872. The fraction of sp³-hybridized carbons (Fsp3) is 0.308. The first-order chi connectivity index (χ1) is 8.95. The van der Waals surface area contributed by atoms with E-state index >= 15 is 0 Å². The molecule has 2 rings (SSSR count). The van der Waals surface area contributed by atoms with Gasteiger partial charge in [0.15, 0.2) is 0 Å². The molecule has 0 radical (unpaired) electrons. The molecule has 0 saturated heterocycles. The first kappa shape index (κ1) is 13.6. The lowest BCUT2D eigenvalue weighted by Crippen LogP contribution is -2.02. The van der Waals surface area contributed by atoms with Crippen molar-refractivity contribution in [3.63, 3.8) is 0 Å². The minimum Gasteiger partial charge on any atom is -0.388 e. The van der Waals surface area contributed by atoms with E-state index in [0.29, 0.717) is 0 Å². The SMILES string of the molecule is CNc1ccc(S(=O)(=O)c2cnn(C(C)C)c2)cc1. The van der Waals surface area contributed by atoms with E-state index < -0.39 is 9.84 Å². The lowest BCUT2D eigenvalue weighted by atomic mass is 10.3. The van der Waals surface area contributed by atoms with Crippen molar-refractivity contribution < 1.29 is 8.42 Å². The van der Waals surface area contributed by atoms with Crippen LogP contribution in [0.2, 0.25) is 0 Å². The van der Waals surface area contributed by atoms with Crippen LogP contribution in [0, 0.1) is 0 Å². The average Bonchev–Trinajstić information content (AvgIpc) is 2.89. The Labute approximate surface area is 113 Å². The lowest BCUT2D eigenvalue weighted by molar-refractivity contribution is 0.531. The topological polar surface area (TPSA) is 64.0 Å². The zero-order chi connectivity index (χ0) is 14.0. The van der Waals surface area contributed by atoms with Crippen LogP contribution in [-0.2, 0) is 9.84 Å². The second-order valence-corrected chi connectivity index (χ2v) is 6.48. The number of sulfone groups is 1. The van der Waals surface area contributed by atoms with Crippen molar-refractivity contribution in [3.05, 3.63) is 36.7 Å². The molecule has 2 aromatic rings. The standard InChI is InChI=1S/C13H17N3O2S/c1-10(2)16-9-13(8-15-16)19(17,18)12-6-4-11(14-3)5-7-12/h4-10,14H,1-3H3. The minimum absolute atomic E-state index is 0.135. The molecule has 0 aliphatic rings. The van der Waals surface area contributed by atoms with Gasteiger partial charge in [0.2, 0.25) is 9.84 Å². The molecule has 102 valence electrons. The molecule has 0 spiro atoms. The Balaban J connectivity index is 2.40. The number of hydrogen-bond acceptors (Lipinski definition) is 4. The summed E-state index contributed by atoms with van der Waals surface area (Å²) in [6, 6.07) is 6.79. The summed E-state index contributed by atoms with van der Waals surface area (Å²) in [5, 5.41) is 7.02. The molecule has 6 heteroatoms. The van der Waals surface area contributed by atoms with Crippen molar-refractivity contribution >= 4 is 15.5 Å². The van der Waals surface area contributed by atoms with Crippen LogP contribution in [0.1, 0.15) is 19.9 Å². The zero-order valence-electron chi connectivity index (χ0n) is 11.2. The summed E-state index contributed by atoms with van der Waals surface area (Å²) < 4.78 is 26.4. The van der Waals surface area contributed by atoms with Crippen LogP contribution < -0.4 is 5.32 Å². The molecule has 5 nitrogen and oxygen atoms in total. The minimum atomic E-state index is -3.49. The Hall–Kier alpha value is -1.82. The third kappa shape index (κ3) is 2.63. The number of anilines is 1. The summed E-state index contributed by atoms with van der Waals surface area (Å²) in [7, 11) is -1.70. The van der Waals surface area contributed by atoms with Gasteiger partial charge in [0, 0.05) is 25.0 Å². The molecule has 0 aliphatic carbocycles. The van der Waals surface area contributed by atoms with Crippen molar-refractivity contribution in [2.75, 3.05) is 12.4 Å². The van der Waals surface area contributed by atoms with Crippen LogP contribution >= 0.6 is 0 Å². The van der Waals surface area contributed by atoms with Crippen molar-refractivity contribution in [1.82, 2.24) is 9.78 Å². The van der Waals surface area contributed by atoms with Gasteiger partial charge < -0.3 is 5.32 Å². The van der Waals surface area contributed by atoms with Gasteiger partial charge >= 0.3 is 0 Å². The van der Waals surface area contributed by atoms with Crippen molar-refractivity contribution in [2.24, 2.45) is 0 Å². The molecule has 0 amide bonds. The van der Waals surface area contributed by atoms with Crippen molar-refractivity contribution in [3.8, 4) is 0 Å². The van der Waals surface area contributed by atoms with E-state index in [2.05, 4.69) is 10.4 Å². The summed E-state index contributed by atoms with van der Waals surface area (Å²) in [5.74, 6) is 0. The molecule has 1 aromatic heterocycles. The van der Waals surface area contributed by atoms with Gasteiger partial charge in [0.05, 0.1) is 11.1 Å². The van der Waals surface area contributed by atoms with Crippen LogP contribution in [-0.4, -0.2) is 25.2 Å². The summed E-state index contributed by atoms with van der Waals surface area (Å²) in [4.78, 5) is 0.494. The highest BCUT2D eigenvalue weighted by molar-refractivity contribution is 7.91. The molecule has 0 fully saturated rings. The summed E-state index contributed by atoms with van der Waals surface area (Å²) in [6.45, 7) is 3.90. The normalized spacial score (nSPS) is 11.8. The predicted molar refractivity (Wildman–Crippen MR) is 74.1 cm³/mol. The summed E-state index contributed by atoms with van der Waals surface area (Å²) in [6.07, 6.45) is 2.95. The summed E-state index contributed by atoms with van der Waals surface area (Å²) >= 11 is 0. The molecule has 1 heterocycles. The molecule has 1 aromatic carbocycles. The van der Waals surface area contributed by atoms with E-state index in [1.165, 1.54) is 6.20 Å². The smallest absolute Gasteiger partial charge is 0.209 e. The third-order valence-electron chi connectivity index (χ3n) is 2.87. The van der Waals surface area contributed by atoms with Gasteiger partial charge in [-0.3, -0.25) is 4.68 Å². The number of aromatic nitrogens is 2. The largest absolute Gasteiger partial charge is 0.388 e.